The van der Waals surface area contributed by atoms with E-state index in [-0.39, 0.29) is 29.0 Å². The second-order valence-electron chi connectivity index (χ2n) is 11.2. The van der Waals surface area contributed by atoms with Gasteiger partial charge in [0.05, 0.1) is 6.10 Å². The lowest BCUT2D eigenvalue weighted by molar-refractivity contribution is -0.179. The van der Waals surface area contributed by atoms with Gasteiger partial charge in [-0.05, 0) is 74.9 Å². The van der Waals surface area contributed by atoms with Crippen molar-refractivity contribution in [3.05, 3.63) is 22.8 Å². The van der Waals surface area contributed by atoms with Gasteiger partial charge in [-0.1, -0.05) is 45.3 Å². The molecule has 3 fully saturated rings. The Hall–Kier alpha value is -1.30. The molecule has 0 bridgehead atoms. The summed E-state index contributed by atoms with van der Waals surface area (Å²) < 4.78 is 0. The smallest absolute Gasteiger partial charge is 0.190 e. The Kier molecular flexibility index (Phi) is 6.09. The summed E-state index contributed by atoms with van der Waals surface area (Å²) in [5, 5.41) is 32.6. The predicted octanol–water partition coefficient (Wildman–Crippen LogP) is 3.90. The van der Waals surface area contributed by atoms with Gasteiger partial charge >= 0.3 is 0 Å². The number of aliphatic hydroxyl groups excluding tert-OH is 2. The van der Waals surface area contributed by atoms with Crippen molar-refractivity contribution in [2.24, 2.45) is 28.6 Å². The SMILES string of the molecule is CCCCC1=C(CC)[C@@]2(C)C(=CC1=O)CC[C@@H]1[C@@H]2[C@@H](O)C[C@@]2(C)[C@H]1CC[C@]2(O)C(=O)CO. The first-order valence-electron chi connectivity index (χ1n) is 12.6. The maximum Gasteiger partial charge on any atom is 0.190 e. The summed E-state index contributed by atoms with van der Waals surface area (Å²) in [7, 11) is 0. The Morgan fingerprint density at radius 3 is 2.56 bits per heavy atom. The van der Waals surface area contributed by atoms with Crippen LogP contribution in [0.4, 0.5) is 0 Å². The van der Waals surface area contributed by atoms with Crippen molar-refractivity contribution in [2.45, 2.75) is 97.2 Å². The number of ketones is 2. The second kappa shape index (κ2) is 8.18. The monoisotopic (exact) mass is 444 g/mol. The molecule has 0 radical (unpaired) electrons. The Balaban J connectivity index is 1.79. The predicted molar refractivity (Wildman–Crippen MR) is 123 cm³/mol. The van der Waals surface area contributed by atoms with Crippen molar-refractivity contribution >= 4 is 11.6 Å². The van der Waals surface area contributed by atoms with Crippen molar-refractivity contribution in [1.29, 1.82) is 0 Å². The zero-order chi connectivity index (χ0) is 23.5. The summed E-state index contributed by atoms with van der Waals surface area (Å²) in [5.74, 6) is -0.0970. The van der Waals surface area contributed by atoms with E-state index in [1.54, 1.807) is 0 Å². The molecule has 178 valence electrons. The third-order valence-corrected chi connectivity index (χ3v) is 10.0. The quantitative estimate of drug-likeness (QED) is 0.578. The van der Waals surface area contributed by atoms with E-state index in [9.17, 15) is 24.9 Å². The molecule has 7 atom stereocenters. The normalized spacial score (nSPS) is 43.5. The molecule has 0 aromatic rings. The van der Waals surface area contributed by atoms with Gasteiger partial charge in [-0.3, -0.25) is 9.59 Å². The molecule has 4 aliphatic carbocycles. The molecular weight excluding hydrogens is 404 g/mol. The lowest BCUT2D eigenvalue weighted by atomic mass is 9.44. The van der Waals surface area contributed by atoms with Gasteiger partial charge in [0.15, 0.2) is 11.6 Å². The van der Waals surface area contributed by atoms with Crippen LogP contribution < -0.4 is 0 Å². The summed E-state index contributed by atoms with van der Waals surface area (Å²) in [6, 6.07) is 0. The van der Waals surface area contributed by atoms with E-state index in [4.69, 9.17) is 0 Å². The van der Waals surface area contributed by atoms with E-state index >= 15 is 0 Å². The largest absolute Gasteiger partial charge is 0.393 e. The fourth-order valence-corrected chi connectivity index (χ4v) is 8.49. The van der Waals surface area contributed by atoms with E-state index in [2.05, 4.69) is 20.8 Å². The van der Waals surface area contributed by atoms with Crippen molar-refractivity contribution in [3.63, 3.8) is 0 Å². The molecule has 0 heterocycles. The first-order valence-corrected chi connectivity index (χ1v) is 12.6. The molecule has 4 rings (SSSR count). The lowest BCUT2D eigenvalue weighted by Gasteiger charge is -2.61. The van der Waals surface area contributed by atoms with Gasteiger partial charge in [0.1, 0.15) is 12.2 Å². The summed E-state index contributed by atoms with van der Waals surface area (Å²) in [5.41, 5.74) is 0.635. The Morgan fingerprint density at radius 1 is 1.22 bits per heavy atom. The number of Topliss-reactive ketones (excluding diaryl/α,β-unsaturated/α-hetero) is 1. The number of carbonyl (C=O) groups is 2. The summed E-state index contributed by atoms with van der Waals surface area (Å²) in [6.07, 6.45) is 7.90. The van der Waals surface area contributed by atoms with Gasteiger partial charge in [-0.15, -0.1) is 0 Å². The van der Waals surface area contributed by atoms with Crippen molar-refractivity contribution < 1.29 is 24.9 Å². The number of unbranched alkanes of at least 4 members (excludes halogenated alkanes) is 1. The first-order chi connectivity index (χ1) is 15.1. The molecular formula is C27H40O5. The zero-order valence-corrected chi connectivity index (χ0v) is 20.1. The molecule has 0 aromatic heterocycles. The molecule has 0 amide bonds. The van der Waals surface area contributed by atoms with Gasteiger partial charge in [0, 0.05) is 16.7 Å². The minimum Gasteiger partial charge on any atom is -0.393 e. The highest BCUT2D eigenvalue weighted by Crippen LogP contribution is 2.68. The molecule has 32 heavy (non-hydrogen) atoms. The van der Waals surface area contributed by atoms with Crippen LogP contribution in [0.3, 0.4) is 0 Å². The van der Waals surface area contributed by atoms with E-state index in [1.807, 2.05) is 13.0 Å². The number of fused-ring (bicyclic) bond motifs is 5. The molecule has 0 saturated heterocycles. The van der Waals surface area contributed by atoms with E-state index in [0.29, 0.717) is 12.8 Å². The maximum atomic E-state index is 13.0. The molecule has 3 N–H and O–H groups in total. The van der Waals surface area contributed by atoms with Crippen LogP contribution in [0.2, 0.25) is 0 Å². The minimum atomic E-state index is -1.58. The lowest BCUT2D eigenvalue weighted by Crippen LogP contribution is -2.62. The molecule has 4 aliphatic rings. The Bertz CT molecular complexity index is 871. The van der Waals surface area contributed by atoms with Crippen LogP contribution in [0.15, 0.2) is 22.8 Å². The van der Waals surface area contributed by atoms with Crippen LogP contribution in [-0.2, 0) is 9.59 Å². The summed E-state index contributed by atoms with van der Waals surface area (Å²) in [4.78, 5) is 25.6. The summed E-state index contributed by atoms with van der Waals surface area (Å²) in [6.45, 7) is 7.77. The first kappa shape index (κ1) is 23.8. The highest BCUT2D eigenvalue weighted by atomic mass is 16.3. The molecule has 5 heteroatoms. The molecule has 5 nitrogen and oxygen atoms in total. The summed E-state index contributed by atoms with van der Waals surface area (Å²) >= 11 is 0. The number of rotatable bonds is 6. The average Bonchev–Trinajstić information content (AvgIpc) is 3.02. The van der Waals surface area contributed by atoms with Gasteiger partial charge < -0.3 is 15.3 Å². The highest BCUT2D eigenvalue weighted by Gasteiger charge is 2.68. The van der Waals surface area contributed by atoms with Crippen molar-refractivity contribution in [3.8, 4) is 0 Å². The Labute approximate surface area is 192 Å². The number of allylic oxidation sites excluding steroid dienone is 4. The second-order valence-corrected chi connectivity index (χ2v) is 11.2. The molecule has 3 saturated carbocycles. The van der Waals surface area contributed by atoms with Crippen LogP contribution in [-0.4, -0.2) is 45.2 Å². The molecule has 0 aliphatic heterocycles. The van der Waals surface area contributed by atoms with Crippen LogP contribution in [0.5, 0.6) is 0 Å². The maximum absolute atomic E-state index is 13.0. The third kappa shape index (κ3) is 3.00. The van der Waals surface area contributed by atoms with Crippen LogP contribution in [0.1, 0.15) is 85.5 Å². The molecule has 0 spiro atoms. The number of hydrogen-bond acceptors (Lipinski definition) is 5. The van der Waals surface area contributed by atoms with Crippen LogP contribution >= 0.6 is 0 Å². The van der Waals surface area contributed by atoms with Gasteiger partial charge in [-0.2, -0.15) is 0 Å². The highest BCUT2D eigenvalue weighted by molar-refractivity contribution is 6.06. The van der Waals surface area contributed by atoms with Crippen LogP contribution in [0, 0.1) is 28.6 Å². The van der Waals surface area contributed by atoms with Gasteiger partial charge in [-0.25, -0.2) is 0 Å². The number of hydrogen-bond donors (Lipinski definition) is 3. The van der Waals surface area contributed by atoms with Crippen molar-refractivity contribution in [2.75, 3.05) is 6.61 Å². The minimum absolute atomic E-state index is 0.0215. The molecule has 0 unspecified atom stereocenters. The molecule has 0 aromatic carbocycles. The zero-order valence-electron chi connectivity index (χ0n) is 20.1. The van der Waals surface area contributed by atoms with Crippen LogP contribution in [0.25, 0.3) is 0 Å². The van der Waals surface area contributed by atoms with Gasteiger partial charge in [0.2, 0.25) is 0 Å². The fraction of sp³-hybridized carbons (Fsp3) is 0.778. The Morgan fingerprint density at radius 2 is 1.94 bits per heavy atom. The third-order valence-electron chi connectivity index (χ3n) is 10.0. The average molecular weight is 445 g/mol. The van der Waals surface area contributed by atoms with Crippen molar-refractivity contribution in [1.82, 2.24) is 0 Å². The van der Waals surface area contributed by atoms with E-state index in [1.165, 1.54) is 5.57 Å². The fourth-order valence-electron chi connectivity index (χ4n) is 8.49. The topological polar surface area (TPSA) is 94.8 Å². The standard InChI is InChI=1S/C27H40O5/c1-5-7-8-17-19(6-2)26(4)16(13-21(17)29)9-10-18-20-11-12-27(32,23(31)15-28)25(20,3)14-22(30)24(18)26/h13,18,20,22,24,28,30,32H,5-12,14-15H2,1-4H3/t18-,20-,22-,24+,25-,26+,27-/m0/s1. The van der Waals surface area contributed by atoms with Gasteiger partial charge in [0.25, 0.3) is 0 Å². The number of aliphatic hydroxyl groups is 3. The number of carbonyl (C=O) groups excluding carboxylic acids is 2. The van der Waals surface area contributed by atoms with E-state index in [0.717, 1.165) is 56.1 Å². The van der Waals surface area contributed by atoms with E-state index < -0.39 is 29.5 Å².